The lowest BCUT2D eigenvalue weighted by atomic mass is 10.0. The smallest absolute Gasteiger partial charge is 0.321 e. The third-order valence-electron chi connectivity index (χ3n) is 9.18. The molecule has 0 saturated carbocycles. The zero-order chi connectivity index (χ0) is 36.2. The summed E-state index contributed by atoms with van der Waals surface area (Å²) in [5.41, 5.74) is 1.55. The van der Waals surface area contributed by atoms with Crippen LogP contribution in [0.5, 0.6) is 5.75 Å². The van der Waals surface area contributed by atoms with Crippen LogP contribution in [0.25, 0.3) is 10.8 Å². The summed E-state index contributed by atoms with van der Waals surface area (Å²) in [5.74, 6) is -0.212. The van der Waals surface area contributed by atoms with Crippen LogP contribution in [0.3, 0.4) is 0 Å². The molecule has 0 radical (unpaired) electrons. The van der Waals surface area contributed by atoms with Crippen molar-refractivity contribution in [3.8, 4) is 5.75 Å². The zero-order valence-corrected chi connectivity index (χ0v) is 30.5. The van der Waals surface area contributed by atoms with E-state index >= 15 is 0 Å². The highest BCUT2D eigenvalue weighted by molar-refractivity contribution is 6.02. The SMILES string of the molecule is C[C@@H]1CCCCO[C@H](CN(C)C(=O)Nc2cccc3ccccc23)[C@@H](C)CN([C@@H](C)CO)C(=O)c2cc(NC(=O)CCCN(C)C)ccc2O1. The van der Waals surface area contributed by atoms with Gasteiger partial charge in [-0.3, -0.25) is 9.59 Å². The van der Waals surface area contributed by atoms with Gasteiger partial charge in [-0.1, -0.05) is 43.3 Å². The second kappa shape index (κ2) is 18.7. The predicted molar refractivity (Wildman–Crippen MR) is 199 cm³/mol. The molecule has 272 valence electrons. The molecular formula is C39H55N5O6. The number of aliphatic hydroxyl groups is 1. The van der Waals surface area contributed by atoms with E-state index in [0.29, 0.717) is 43.0 Å². The van der Waals surface area contributed by atoms with Gasteiger partial charge >= 0.3 is 6.03 Å². The largest absolute Gasteiger partial charge is 0.490 e. The van der Waals surface area contributed by atoms with Gasteiger partial charge in [0.2, 0.25) is 5.91 Å². The first kappa shape index (κ1) is 38.6. The second-order valence-electron chi connectivity index (χ2n) is 13.8. The molecule has 0 aliphatic carbocycles. The normalized spacial score (nSPS) is 19.6. The topological polar surface area (TPSA) is 124 Å². The number of likely N-dealkylation sites (N-methyl/N-ethyl adjacent to an activating group) is 1. The minimum Gasteiger partial charge on any atom is -0.490 e. The Bertz CT molecular complexity index is 1580. The maximum Gasteiger partial charge on any atom is 0.321 e. The molecule has 0 bridgehead atoms. The van der Waals surface area contributed by atoms with E-state index in [1.165, 1.54) is 0 Å². The number of nitrogens with zero attached hydrogens (tertiary/aromatic N) is 3. The summed E-state index contributed by atoms with van der Waals surface area (Å²) >= 11 is 0. The van der Waals surface area contributed by atoms with Crippen molar-refractivity contribution in [1.29, 1.82) is 0 Å². The lowest BCUT2D eigenvalue weighted by Crippen LogP contribution is -2.48. The van der Waals surface area contributed by atoms with Gasteiger partial charge in [0.15, 0.2) is 0 Å². The van der Waals surface area contributed by atoms with Gasteiger partial charge in [-0.15, -0.1) is 0 Å². The molecule has 4 amide bonds. The van der Waals surface area contributed by atoms with E-state index in [2.05, 4.69) is 10.6 Å². The number of fused-ring (bicyclic) bond motifs is 2. The van der Waals surface area contributed by atoms with Gasteiger partial charge in [-0.05, 0) is 89.8 Å². The van der Waals surface area contributed by atoms with E-state index in [-0.39, 0.29) is 49.1 Å². The van der Waals surface area contributed by atoms with Crippen LogP contribution in [0.2, 0.25) is 0 Å². The lowest BCUT2D eigenvalue weighted by Gasteiger charge is -2.35. The summed E-state index contributed by atoms with van der Waals surface area (Å²) in [5, 5.41) is 18.3. The molecule has 1 aliphatic rings. The fourth-order valence-corrected chi connectivity index (χ4v) is 6.14. The lowest BCUT2D eigenvalue weighted by molar-refractivity contribution is -0.116. The van der Waals surface area contributed by atoms with Crippen LogP contribution in [0, 0.1) is 5.92 Å². The highest BCUT2D eigenvalue weighted by Gasteiger charge is 2.31. The Morgan fingerprint density at radius 1 is 1.02 bits per heavy atom. The monoisotopic (exact) mass is 689 g/mol. The van der Waals surface area contributed by atoms with Crippen LogP contribution in [0.1, 0.15) is 63.2 Å². The number of anilines is 2. The molecule has 11 nitrogen and oxygen atoms in total. The molecule has 0 saturated heterocycles. The summed E-state index contributed by atoms with van der Waals surface area (Å²) in [6.45, 7) is 7.39. The van der Waals surface area contributed by atoms with Crippen molar-refractivity contribution in [1.82, 2.24) is 14.7 Å². The predicted octanol–water partition coefficient (Wildman–Crippen LogP) is 6.08. The first-order chi connectivity index (χ1) is 24.0. The number of carbonyl (C=O) groups excluding carboxylic acids is 3. The zero-order valence-electron chi connectivity index (χ0n) is 30.5. The molecule has 0 fully saturated rings. The van der Waals surface area contributed by atoms with Crippen LogP contribution in [0.4, 0.5) is 16.2 Å². The van der Waals surface area contributed by atoms with Gasteiger partial charge in [-0.25, -0.2) is 4.79 Å². The van der Waals surface area contributed by atoms with E-state index in [1.54, 1.807) is 42.0 Å². The van der Waals surface area contributed by atoms with Crippen LogP contribution >= 0.6 is 0 Å². The molecule has 3 aromatic rings. The quantitative estimate of drug-likeness (QED) is 0.236. The number of ether oxygens (including phenoxy) is 2. The van der Waals surface area contributed by atoms with E-state index in [1.807, 2.05) is 75.3 Å². The van der Waals surface area contributed by atoms with E-state index < -0.39 is 6.04 Å². The first-order valence-electron chi connectivity index (χ1n) is 17.7. The van der Waals surface area contributed by atoms with Crippen molar-refractivity contribution in [2.24, 2.45) is 5.92 Å². The Morgan fingerprint density at radius 2 is 1.78 bits per heavy atom. The molecule has 3 N–H and O–H groups in total. The minimum absolute atomic E-state index is 0.128. The van der Waals surface area contributed by atoms with Crippen molar-refractivity contribution in [3.63, 3.8) is 0 Å². The molecule has 4 atom stereocenters. The number of nitrogens with one attached hydrogen (secondary N) is 2. The number of aliphatic hydroxyl groups excluding tert-OH is 1. The Labute approximate surface area is 296 Å². The Balaban J connectivity index is 1.56. The second-order valence-corrected chi connectivity index (χ2v) is 13.8. The third kappa shape index (κ3) is 10.9. The molecule has 3 aromatic carbocycles. The van der Waals surface area contributed by atoms with E-state index in [4.69, 9.17) is 9.47 Å². The third-order valence-corrected chi connectivity index (χ3v) is 9.18. The molecule has 50 heavy (non-hydrogen) atoms. The molecule has 4 rings (SSSR count). The number of rotatable bonds is 10. The summed E-state index contributed by atoms with van der Waals surface area (Å²) < 4.78 is 12.7. The Kier molecular flexibility index (Phi) is 14.4. The van der Waals surface area contributed by atoms with Gasteiger partial charge in [-0.2, -0.15) is 0 Å². The molecule has 0 unspecified atom stereocenters. The average molecular weight is 690 g/mol. The van der Waals surface area contributed by atoms with Crippen molar-refractivity contribution in [2.75, 3.05) is 64.6 Å². The maximum atomic E-state index is 14.4. The van der Waals surface area contributed by atoms with Crippen LogP contribution < -0.4 is 15.4 Å². The Morgan fingerprint density at radius 3 is 2.54 bits per heavy atom. The molecular weight excluding hydrogens is 634 g/mol. The number of carbonyl (C=O) groups is 3. The van der Waals surface area contributed by atoms with Gasteiger partial charge < -0.3 is 39.9 Å². The minimum atomic E-state index is -0.513. The standard InChI is InChI=1S/C39H55N5O6/c1-27-24-44(28(2)26-45)38(47)33-23-31(40-37(46)18-12-21-42(4)5)19-20-35(33)50-29(3)13-9-10-22-49-36(27)25-43(6)39(48)41-34-17-11-15-30-14-7-8-16-32(30)34/h7-8,11,14-17,19-20,23,27-29,36,45H,9-10,12-13,18,21-22,24-26H2,1-6H3,(H,40,46)(H,41,48)/t27-,28-,29+,36+/m0/s1. The molecule has 0 spiro atoms. The van der Waals surface area contributed by atoms with Gasteiger partial charge in [0.05, 0.1) is 36.1 Å². The molecule has 1 heterocycles. The number of hydrogen-bond acceptors (Lipinski definition) is 7. The average Bonchev–Trinajstić information content (AvgIpc) is 3.09. The maximum absolute atomic E-state index is 14.4. The van der Waals surface area contributed by atoms with Crippen LogP contribution in [-0.2, 0) is 9.53 Å². The van der Waals surface area contributed by atoms with Gasteiger partial charge in [0.1, 0.15) is 5.75 Å². The first-order valence-corrected chi connectivity index (χ1v) is 17.7. The number of hydrogen-bond donors (Lipinski definition) is 3. The molecule has 11 heteroatoms. The van der Waals surface area contributed by atoms with E-state index in [0.717, 1.165) is 42.3 Å². The Hall–Kier alpha value is -4.19. The van der Waals surface area contributed by atoms with Crippen LogP contribution in [-0.4, -0.2) is 110 Å². The molecule has 1 aliphatic heterocycles. The summed E-state index contributed by atoms with van der Waals surface area (Å²) in [6.07, 6.45) is 2.94. The number of benzene rings is 3. The van der Waals surface area contributed by atoms with Crippen molar-refractivity contribution in [3.05, 3.63) is 66.2 Å². The highest BCUT2D eigenvalue weighted by atomic mass is 16.5. The van der Waals surface area contributed by atoms with Crippen molar-refractivity contribution < 1.29 is 29.0 Å². The number of amides is 4. The molecule has 0 aromatic heterocycles. The van der Waals surface area contributed by atoms with Crippen molar-refractivity contribution in [2.45, 2.75) is 71.1 Å². The highest BCUT2D eigenvalue weighted by Crippen LogP contribution is 2.29. The summed E-state index contributed by atoms with van der Waals surface area (Å²) in [6, 6.07) is 18.1. The fourth-order valence-electron chi connectivity index (χ4n) is 6.14. The summed E-state index contributed by atoms with van der Waals surface area (Å²) in [4.78, 5) is 45.9. The summed E-state index contributed by atoms with van der Waals surface area (Å²) in [7, 11) is 5.68. The van der Waals surface area contributed by atoms with Gasteiger partial charge in [0, 0.05) is 50.2 Å². The number of urea groups is 1. The van der Waals surface area contributed by atoms with Crippen molar-refractivity contribution >= 4 is 40.0 Å². The fraction of sp³-hybridized carbons (Fsp3) is 0.513. The van der Waals surface area contributed by atoms with E-state index in [9.17, 15) is 19.5 Å². The van der Waals surface area contributed by atoms with Crippen LogP contribution in [0.15, 0.2) is 60.7 Å². The van der Waals surface area contributed by atoms with Gasteiger partial charge in [0.25, 0.3) is 5.91 Å².